The summed E-state index contributed by atoms with van der Waals surface area (Å²) in [7, 11) is 0. The molecule has 1 aromatic carbocycles. The second-order valence-corrected chi connectivity index (χ2v) is 5.52. The summed E-state index contributed by atoms with van der Waals surface area (Å²) in [6, 6.07) is 10.1. The Morgan fingerprint density at radius 3 is 2.74 bits per heavy atom. The number of benzene rings is 1. The van der Waals surface area contributed by atoms with Crippen LogP contribution in [-0.2, 0) is 6.54 Å². The maximum atomic E-state index is 11.8. The highest BCUT2D eigenvalue weighted by atomic mass is 16.5. The van der Waals surface area contributed by atoms with E-state index in [0.29, 0.717) is 11.3 Å². The van der Waals surface area contributed by atoms with Crippen molar-refractivity contribution in [3.63, 3.8) is 0 Å². The van der Waals surface area contributed by atoms with Crippen molar-refractivity contribution < 1.29 is 4.52 Å². The molecule has 0 N–H and O–H groups in total. The van der Waals surface area contributed by atoms with E-state index in [9.17, 15) is 4.79 Å². The van der Waals surface area contributed by atoms with Crippen LogP contribution in [0.2, 0.25) is 0 Å². The molecule has 3 heterocycles. The summed E-state index contributed by atoms with van der Waals surface area (Å²) in [6.07, 6.45) is 6.38. The monoisotopic (exact) mass is 305 g/mol. The molecule has 0 radical (unpaired) electrons. The van der Waals surface area contributed by atoms with Gasteiger partial charge in [0.2, 0.25) is 0 Å². The number of pyridine rings is 2. The van der Waals surface area contributed by atoms with Gasteiger partial charge in [0.25, 0.3) is 0 Å². The molecule has 1 aromatic heterocycles. The van der Waals surface area contributed by atoms with Crippen LogP contribution in [0.3, 0.4) is 0 Å². The molecule has 2 aliphatic rings. The minimum atomic E-state index is -0.384. The van der Waals surface area contributed by atoms with Gasteiger partial charge in [0.15, 0.2) is 0 Å². The number of aryl methyl sites for hydroxylation is 1. The smallest absolute Gasteiger partial charge is 0.346 e. The molecule has 0 bridgehead atoms. The lowest BCUT2D eigenvalue weighted by molar-refractivity contribution is 0.397. The van der Waals surface area contributed by atoms with E-state index in [1.54, 1.807) is 12.4 Å². The number of aromatic nitrogens is 3. The molecule has 5 nitrogen and oxygen atoms in total. The highest BCUT2D eigenvalue weighted by Crippen LogP contribution is 2.31. The lowest BCUT2D eigenvalue weighted by Crippen LogP contribution is -2.05. The third-order valence-corrected chi connectivity index (χ3v) is 4.02. The standard InChI is InChI=1S/C18H15N3O2/c1-2-9-21-11-15-17(20-23-18(15)22)14-4-3-13(10-16(14)21)12-5-7-19-8-6-12/h3-8,10-11H,2,9H2,1H3. The minimum absolute atomic E-state index is 0.384. The third kappa shape index (κ3) is 2.21. The van der Waals surface area contributed by atoms with Crippen LogP contribution in [0.15, 0.2) is 58.2 Å². The molecule has 2 aromatic rings. The topological polar surface area (TPSA) is 60.9 Å². The summed E-state index contributed by atoms with van der Waals surface area (Å²) in [5, 5.41) is 4.87. The first-order valence-corrected chi connectivity index (χ1v) is 7.61. The van der Waals surface area contributed by atoms with E-state index in [2.05, 4.69) is 27.7 Å². The Kier molecular flexibility index (Phi) is 3.19. The summed E-state index contributed by atoms with van der Waals surface area (Å²) in [4.78, 5) is 15.9. The zero-order valence-electron chi connectivity index (χ0n) is 12.7. The second kappa shape index (κ2) is 5.35. The quantitative estimate of drug-likeness (QED) is 0.580. The lowest BCUT2D eigenvalue weighted by atomic mass is 10.0. The lowest BCUT2D eigenvalue weighted by Gasteiger charge is -2.14. The molecule has 5 heteroatoms. The highest BCUT2D eigenvalue weighted by molar-refractivity contribution is 5.95. The van der Waals surface area contributed by atoms with Gasteiger partial charge < -0.3 is 9.09 Å². The van der Waals surface area contributed by atoms with E-state index in [1.807, 2.05) is 30.5 Å². The Bertz CT molecular complexity index is 1000. The van der Waals surface area contributed by atoms with E-state index in [4.69, 9.17) is 4.52 Å². The van der Waals surface area contributed by atoms with Crippen LogP contribution in [0.25, 0.3) is 33.3 Å². The van der Waals surface area contributed by atoms with Crippen LogP contribution in [0.5, 0.6) is 0 Å². The van der Waals surface area contributed by atoms with Gasteiger partial charge in [-0.25, -0.2) is 4.79 Å². The second-order valence-electron chi connectivity index (χ2n) is 5.52. The minimum Gasteiger partial charge on any atom is -0.346 e. The zero-order chi connectivity index (χ0) is 15.8. The molecular formula is C18H15N3O2. The SMILES string of the molecule is CCCn1cc2c(=O)onc-2c2ccc(-c3ccncc3)cc21. The number of rotatable bonds is 3. The fourth-order valence-electron chi connectivity index (χ4n) is 2.93. The van der Waals surface area contributed by atoms with Crippen LogP contribution in [0.4, 0.5) is 0 Å². The Morgan fingerprint density at radius 2 is 1.96 bits per heavy atom. The fraction of sp³-hybridized carbons (Fsp3) is 0.167. The van der Waals surface area contributed by atoms with Crippen molar-refractivity contribution in [2.75, 3.05) is 0 Å². The van der Waals surface area contributed by atoms with Gasteiger partial charge in [-0.05, 0) is 41.8 Å². The Morgan fingerprint density at radius 1 is 1.13 bits per heavy atom. The van der Waals surface area contributed by atoms with Crippen molar-refractivity contribution >= 4 is 10.9 Å². The molecule has 0 aliphatic carbocycles. The number of hydrogen-bond donors (Lipinski definition) is 0. The van der Waals surface area contributed by atoms with Gasteiger partial charge in [0.05, 0.1) is 5.52 Å². The summed E-state index contributed by atoms with van der Waals surface area (Å²) >= 11 is 0. The Balaban J connectivity index is 2.03. The first kappa shape index (κ1) is 13.7. The van der Waals surface area contributed by atoms with Gasteiger partial charge in [-0.3, -0.25) is 4.98 Å². The summed E-state index contributed by atoms with van der Waals surface area (Å²) in [5.74, 6) is 0. The molecule has 114 valence electrons. The van der Waals surface area contributed by atoms with Crippen molar-refractivity contribution in [2.24, 2.45) is 0 Å². The van der Waals surface area contributed by atoms with Gasteiger partial charge in [0, 0.05) is 30.5 Å². The first-order chi connectivity index (χ1) is 11.3. The molecule has 4 rings (SSSR count). The Hall–Kier alpha value is -2.95. The molecule has 0 unspecified atom stereocenters. The van der Waals surface area contributed by atoms with E-state index in [1.165, 1.54) is 0 Å². The summed E-state index contributed by atoms with van der Waals surface area (Å²) in [6.45, 7) is 2.94. The third-order valence-electron chi connectivity index (χ3n) is 4.02. The molecular weight excluding hydrogens is 290 g/mol. The van der Waals surface area contributed by atoms with Gasteiger partial charge in [0.1, 0.15) is 11.3 Å². The number of nitrogens with zero attached hydrogens (tertiary/aromatic N) is 3. The molecule has 2 aliphatic heterocycles. The van der Waals surface area contributed by atoms with Crippen LogP contribution < -0.4 is 5.63 Å². The van der Waals surface area contributed by atoms with E-state index in [-0.39, 0.29) is 5.63 Å². The maximum absolute atomic E-state index is 11.8. The molecule has 23 heavy (non-hydrogen) atoms. The number of fused-ring (bicyclic) bond motifs is 3. The van der Waals surface area contributed by atoms with Crippen molar-refractivity contribution in [1.29, 1.82) is 0 Å². The predicted octanol–water partition coefficient (Wildman–Crippen LogP) is 3.57. The van der Waals surface area contributed by atoms with Crippen molar-refractivity contribution in [2.45, 2.75) is 19.9 Å². The highest BCUT2D eigenvalue weighted by Gasteiger charge is 2.18. The van der Waals surface area contributed by atoms with Crippen LogP contribution in [-0.4, -0.2) is 14.7 Å². The average Bonchev–Trinajstić information content (AvgIpc) is 2.97. The van der Waals surface area contributed by atoms with E-state index >= 15 is 0 Å². The molecule has 0 saturated heterocycles. The number of hydrogen-bond acceptors (Lipinski definition) is 4. The molecule has 0 amide bonds. The maximum Gasteiger partial charge on any atom is 0.369 e. The van der Waals surface area contributed by atoms with Crippen molar-refractivity contribution in [3.8, 4) is 22.4 Å². The largest absolute Gasteiger partial charge is 0.369 e. The first-order valence-electron chi connectivity index (χ1n) is 7.61. The van der Waals surface area contributed by atoms with Crippen LogP contribution >= 0.6 is 0 Å². The summed E-state index contributed by atoms with van der Waals surface area (Å²) < 4.78 is 6.94. The van der Waals surface area contributed by atoms with Crippen LogP contribution in [0.1, 0.15) is 13.3 Å². The molecule has 0 atom stereocenters. The van der Waals surface area contributed by atoms with Crippen molar-refractivity contribution in [3.05, 3.63) is 59.3 Å². The molecule has 0 saturated carbocycles. The molecule has 0 fully saturated rings. The van der Waals surface area contributed by atoms with E-state index in [0.717, 1.165) is 35.0 Å². The van der Waals surface area contributed by atoms with Gasteiger partial charge >= 0.3 is 5.63 Å². The fourth-order valence-corrected chi connectivity index (χ4v) is 2.93. The van der Waals surface area contributed by atoms with Crippen molar-refractivity contribution in [1.82, 2.24) is 14.7 Å². The van der Waals surface area contributed by atoms with Gasteiger partial charge in [-0.2, -0.15) is 0 Å². The summed E-state index contributed by atoms with van der Waals surface area (Å²) in [5.41, 5.74) is 4.03. The zero-order valence-corrected chi connectivity index (χ0v) is 12.7. The Labute approximate surface area is 132 Å². The van der Waals surface area contributed by atoms with Gasteiger partial charge in [-0.15, -0.1) is 0 Å². The normalized spacial score (nSPS) is 11.3. The van der Waals surface area contributed by atoms with Crippen LogP contribution in [0, 0.1) is 0 Å². The predicted molar refractivity (Wildman–Crippen MR) is 88.4 cm³/mol. The average molecular weight is 305 g/mol. The van der Waals surface area contributed by atoms with Gasteiger partial charge in [-0.1, -0.05) is 18.1 Å². The van der Waals surface area contributed by atoms with E-state index < -0.39 is 0 Å². The molecule has 0 spiro atoms.